The molecule has 7 heteroatoms. The van der Waals surface area contributed by atoms with Gasteiger partial charge in [0.2, 0.25) is 5.91 Å². The van der Waals surface area contributed by atoms with Gasteiger partial charge in [-0.05, 0) is 62.7 Å². The number of carbonyl (C=O) groups excluding carboxylic acids is 2. The molecule has 1 heterocycles. The molecule has 30 heavy (non-hydrogen) atoms. The molecule has 0 bridgehead atoms. The molecule has 0 unspecified atom stereocenters. The molecule has 7 nitrogen and oxygen atoms in total. The van der Waals surface area contributed by atoms with Gasteiger partial charge in [-0.15, -0.1) is 0 Å². The third kappa shape index (κ3) is 4.84. The van der Waals surface area contributed by atoms with Crippen molar-refractivity contribution in [3.05, 3.63) is 54.1 Å². The molecule has 2 aromatic rings. The van der Waals surface area contributed by atoms with Crippen LogP contribution < -0.4 is 19.7 Å². The average Bonchev–Trinajstić information content (AvgIpc) is 3.02. The van der Waals surface area contributed by atoms with Gasteiger partial charge < -0.3 is 19.5 Å². The fraction of sp³-hybridized carbons (Fsp3) is 0.391. The third-order valence-corrected chi connectivity index (χ3v) is 4.88. The quantitative estimate of drug-likeness (QED) is 0.801. The number of anilines is 1. The van der Waals surface area contributed by atoms with Crippen molar-refractivity contribution in [1.29, 1.82) is 0 Å². The molecule has 1 saturated heterocycles. The van der Waals surface area contributed by atoms with E-state index in [1.165, 1.54) is 0 Å². The first kappa shape index (κ1) is 21.5. The minimum Gasteiger partial charge on any atom is -0.497 e. The van der Waals surface area contributed by atoms with Gasteiger partial charge in [0.15, 0.2) is 0 Å². The number of rotatable bonds is 5. The fourth-order valence-electron chi connectivity index (χ4n) is 3.53. The molecule has 160 valence electrons. The predicted molar refractivity (Wildman–Crippen MR) is 114 cm³/mol. The van der Waals surface area contributed by atoms with E-state index in [0.29, 0.717) is 11.4 Å². The summed E-state index contributed by atoms with van der Waals surface area (Å²) in [5, 5.41) is 2.90. The molecule has 1 fully saturated rings. The normalized spacial score (nSPS) is 18.8. The second-order valence-electron chi connectivity index (χ2n) is 8.14. The maximum Gasteiger partial charge on any atom is 0.409 e. The van der Waals surface area contributed by atoms with Crippen LogP contribution in [0.3, 0.4) is 0 Å². The van der Waals surface area contributed by atoms with Crippen molar-refractivity contribution < 1.29 is 23.8 Å². The number of hydrogen-bond donors (Lipinski definition) is 1. The fourth-order valence-corrected chi connectivity index (χ4v) is 3.53. The number of nitrogens with one attached hydrogen (secondary N) is 1. The Hall–Kier alpha value is -3.22. The minimum absolute atomic E-state index is 0.0814. The molecule has 1 aliphatic heterocycles. The van der Waals surface area contributed by atoms with Gasteiger partial charge in [-0.1, -0.05) is 12.1 Å². The highest BCUT2D eigenvalue weighted by Crippen LogP contribution is 2.37. The highest BCUT2D eigenvalue weighted by molar-refractivity contribution is 5.98. The highest BCUT2D eigenvalue weighted by Gasteiger charge is 2.43. The van der Waals surface area contributed by atoms with Crippen molar-refractivity contribution in [1.82, 2.24) is 5.32 Å². The lowest BCUT2D eigenvalue weighted by Gasteiger charge is -2.30. The molecule has 3 rings (SSSR count). The smallest absolute Gasteiger partial charge is 0.409 e. The lowest BCUT2D eigenvalue weighted by atomic mass is 9.95. The summed E-state index contributed by atoms with van der Waals surface area (Å²) in [5.41, 5.74) is 0.965. The van der Waals surface area contributed by atoms with E-state index in [1.54, 1.807) is 64.2 Å². The number of carbonyl (C=O) groups is 2. The van der Waals surface area contributed by atoms with Crippen LogP contribution in [0.2, 0.25) is 0 Å². The molecule has 0 spiro atoms. The Morgan fingerprint density at radius 2 is 1.50 bits per heavy atom. The van der Waals surface area contributed by atoms with Crippen LogP contribution in [0.15, 0.2) is 48.5 Å². The summed E-state index contributed by atoms with van der Waals surface area (Å²) in [5.74, 6) is 1.10. The summed E-state index contributed by atoms with van der Waals surface area (Å²) >= 11 is 0. The van der Waals surface area contributed by atoms with Crippen molar-refractivity contribution in [2.45, 2.75) is 44.9 Å². The molecule has 1 N–H and O–H groups in total. The molecular formula is C23H28N2O5. The Bertz CT molecular complexity index is 887. The lowest BCUT2D eigenvalue weighted by Crippen LogP contribution is -2.49. The first-order chi connectivity index (χ1) is 14.2. The third-order valence-electron chi connectivity index (χ3n) is 4.88. The van der Waals surface area contributed by atoms with Gasteiger partial charge in [-0.2, -0.15) is 0 Å². The topological polar surface area (TPSA) is 77.1 Å². The number of ether oxygens (including phenoxy) is 3. The van der Waals surface area contributed by atoms with Crippen LogP contribution >= 0.6 is 0 Å². The van der Waals surface area contributed by atoms with E-state index in [1.807, 2.05) is 24.3 Å². The van der Waals surface area contributed by atoms with Gasteiger partial charge in [-0.3, -0.25) is 9.69 Å². The first-order valence-corrected chi connectivity index (χ1v) is 9.81. The Kier molecular flexibility index (Phi) is 6.20. The highest BCUT2D eigenvalue weighted by atomic mass is 16.6. The zero-order valence-corrected chi connectivity index (χ0v) is 18.0. The summed E-state index contributed by atoms with van der Waals surface area (Å²) in [4.78, 5) is 27.2. The summed E-state index contributed by atoms with van der Waals surface area (Å²) in [6, 6.07) is 14.7. The molecule has 1 aliphatic rings. The SMILES string of the molecule is COc1ccc([C@@H]2CC(=O)N(c3ccc(OC)cc3)[C@H]2NC(=O)OC(C)(C)C)cc1. The van der Waals surface area contributed by atoms with Crippen LogP contribution in [-0.2, 0) is 9.53 Å². The van der Waals surface area contributed by atoms with Crippen molar-refractivity contribution >= 4 is 17.7 Å². The zero-order chi connectivity index (χ0) is 21.9. The van der Waals surface area contributed by atoms with E-state index in [9.17, 15) is 9.59 Å². The van der Waals surface area contributed by atoms with Crippen LogP contribution in [0.5, 0.6) is 11.5 Å². The number of nitrogens with zero attached hydrogens (tertiary/aromatic N) is 1. The van der Waals surface area contributed by atoms with E-state index in [-0.39, 0.29) is 18.2 Å². The number of hydrogen-bond acceptors (Lipinski definition) is 5. The Balaban J connectivity index is 1.94. The van der Waals surface area contributed by atoms with Crippen molar-refractivity contribution in [3.63, 3.8) is 0 Å². The van der Waals surface area contributed by atoms with Gasteiger partial charge >= 0.3 is 6.09 Å². The van der Waals surface area contributed by atoms with Gasteiger partial charge in [-0.25, -0.2) is 4.79 Å². The molecule has 0 radical (unpaired) electrons. The predicted octanol–water partition coefficient (Wildman–Crippen LogP) is 4.08. The monoisotopic (exact) mass is 412 g/mol. The van der Waals surface area contributed by atoms with E-state index in [4.69, 9.17) is 14.2 Å². The van der Waals surface area contributed by atoms with Gasteiger partial charge in [0, 0.05) is 18.0 Å². The lowest BCUT2D eigenvalue weighted by molar-refractivity contribution is -0.117. The molecule has 0 aromatic heterocycles. The first-order valence-electron chi connectivity index (χ1n) is 9.81. The zero-order valence-electron chi connectivity index (χ0n) is 18.0. The molecule has 2 amide bonds. The Morgan fingerprint density at radius 3 is 2.00 bits per heavy atom. The number of amides is 2. The largest absolute Gasteiger partial charge is 0.497 e. The van der Waals surface area contributed by atoms with Crippen LogP contribution in [0.4, 0.5) is 10.5 Å². The number of alkyl carbamates (subject to hydrolysis) is 1. The van der Waals surface area contributed by atoms with Gasteiger partial charge in [0.1, 0.15) is 23.3 Å². The summed E-state index contributed by atoms with van der Waals surface area (Å²) in [6.07, 6.45) is -0.896. The maximum absolute atomic E-state index is 13.0. The van der Waals surface area contributed by atoms with Crippen LogP contribution in [0.1, 0.15) is 38.7 Å². The second kappa shape index (κ2) is 8.65. The van der Waals surface area contributed by atoms with Crippen LogP contribution in [0, 0.1) is 0 Å². The average molecular weight is 412 g/mol. The van der Waals surface area contributed by atoms with Gasteiger partial charge in [0.05, 0.1) is 14.2 Å². The molecular weight excluding hydrogens is 384 g/mol. The molecule has 0 saturated carbocycles. The Morgan fingerprint density at radius 1 is 0.967 bits per heavy atom. The van der Waals surface area contributed by atoms with Crippen LogP contribution in [-0.4, -0.2) is 38.0 Å². The summed E-state index contributed by atoms with van der Waals surface area (Å²) in [6.45, 7) is 5.40. The van der Waals surface area contributed by atoms with E-state index in [2.05, 4.69) is 5.32 Å². The molecule has 0 aliphatic carbocycles. The minimum atomic E-state index is -0.646. The van der Waals surface area contributed by atoms with Crippen LogP contribution in [0.25, 0.3) is 0 Å². The van der Waals surface area contributed by atoms with Crippen molar-refractivity contribution in [2.24, 2.45) is 0 Å². The van der Waals surface area contributed by atoms with E-state index in [0.717, 1.165) is 11.3 Å². The maximum atomic E-state index is 13.0. The van der Waals surface area contributed by atoms with Crippen molar-refractivity contribution in [3.8, 4) is 11.5 Å². The van der Waals surface area contributed by atoms with Crippen molar-refractivity contribution in [2.75, 3.05) is 19.1 Å². The van der Waals surface area contributed by atoms with Gasteiger partial charge in [0.25, 0.3) is 0 Å². The Labute approximate surface area is 176 Å². The second-order valence-corrected chi connectivity index (χ2v) is 8.14. The summed E-state index contributed by atoms with van der Waals surface area (Å²) < 4.78 is 15.9. The standard InChI is InChI=1S/C23H28N2O5/c1-23(2,3)30-22(27)24-21-19(15-6-10-17(28-4)11-7-15)14-20(26)25(21)16-8-12-18(29-5)13-9-16/h6-13,19,21H,14H2,1-5H3,(H,24,27)/t19-,21+/m0/s1. The van der Waals surface area contributed by atoms with E-state index < -0.39 is 17.9 Å². The number of benzene rings is 2. The molecule has 2 aromatic carbocycles. The summed E-state index contributed by atoms with van der Waals surface area (Å²) in [7, 11) is 3.19. The van der Waals surface area contributed by atoms with E-state index >= 15 is 0 Å². The molecule has 2 atom stereocenters. The number of methoxy groups -OCH3 is 2.